The maximum absolute atomic E-state index is 13.1. The molecule has 3 aromatic rings. The van der Waals surface area contributed by atoms with E-state index in [0.717, 1.165) is 11.3 Å². The Kier molecular flexibility index (Phi) is 4.57. The van der Waals surface area contributed by atoms with Crippen LogP contribution in [-0.2, 0) is 10.0 Å². The summed E-state index contributed by atoms with van der Waals surface area (Å²) in [6.45, 7) is 0. The molecule has 0 amide bonds. The zero-order valence-electron chi connectivity index (χ0n) is 12.6. The first-order chi connectivity index (χ1) is 11.8. The highest BCUT2D eigenvalue weighted by Crippen LogP contribution is 2.37. The van der Waals surface area contributed by atoms with Gasteiger partial charge in [0.05, 0.1) is 10.6 Å². The van der Waals surface area contributed by atoms with Crippen molar-refractivity contribution < 1.29 is 12.8 Å². The molecule has 2 aromatic carbocycles. The summed E-state index contributed by atoms with van der Waals surface area (Å²) in [6, 6.07) is 11.5. The molecule has 0 spiro atoms. The Labute approximate surface area is 146 Å². The van der Waals surface area contributed by atoms with Crippen molar-refractivity contribution in [3.63, 3.8) is 0 Å². The molecule has 0 bridgehead atoms. The van der Waals surface area contributed by atoms with E-state index in [0.29, 0.717) is 21.9 Å². The fraction of sp³-hybridized carbons (Fsp3) is 0. The number of nitrogen functional groups attached to an aromatic ring is 1. The number of hydrogen-bond donors (Lipinski definition) is 2. The molecular weight excluding hydrogens is 365 g/mol. The van der Waals surface area contributed by atoms with Gasteiger partial charge in [-0.25, -0.2) is 22.9 Å². The number of thiazole rings is 1. The van der Waals surface area contributed by atoms with Crippen molar-refractivity contribution in [2.45, 2.75) is 4.90 Å². The van der Waals surface area contributed by atoms with Gasteiger partial charge in [0.25, 0.3) is 0 Å². The van der Waals surface area contributed by atoms with Crippen LogP contribution in [0.5, 0.6) is 0 Å². The molecule has 0 saturated heterocycles. The van der Waals surface area contributed by atoms with Crippen molar-refractivity contribution in [3.8, 4) is 11.3 Å². The second-order valence-electron chi connectivity index (χ2n) is 4.96. The van der Waals surface area contributed by atoms with Crippen molar-refractivity contribution in [1.29, 1.82) is 0 Å². The van der Waals surface area contributed by atoms with Crippen LogP contribution in [0.25, 0.3) is 11.3 Å². The minimum atomic E-state index is -3.83. The lowest BCUT2D eigenvalue weighted by Crippen LogP contribution is -2.11. The molecule has 3 rings (SSSR count). The first-order valence-electron chi connectivity index (χ1n) is 6.90. The predicted molar refractivity (Wildman–Crippen MR) is 93.9 cm³/mol. The average Bonchev–Trinajstić information content (AvgIpc) is 2.94. The Bertz CT molecular complexity index is 1050. The first-order valence-corrected chi connectivity index (χ1v) is 9.26. The van der Waals surface area contributed by atoms with Gasteiger partial charge in [-0.3, -0.25) is 0 Å². The van der Waals surface area contributed by atoms with Crippen LogP contribution in [0, 0.1) is 5.82 Å². The third-order valence-electron chi connectivity index (χ3n) is 3.15. The lowest BCUT2D eigenvalue weighted by molar-refractivity contribution is 0.598. The Balaban J connectivity index is 1.96. The number of rotatable bonds is 4. The van der Waals surface area contributed by atoms with Crippen molar-refractivity contribution in [2.24, 2.45) is 15.4 Å². The van der Waals surface area contributed by atoms with Gasteiger partial charge in [0.15, 0.2) is 10.1 Å². The summed E-state index contributed by atoms with van der Waals surface area (Å²) in [5.41, 5.74) is 7.15. The van der Waals surface area contributed by atoms with Gasteiger partial charge in [0.2, 0.25) is 10.0 Å². The maximum Gasteiger partial charge on any atom is 0.238 e. The quantitative estimate of drug-likeness (QED) is 0.674. The lowest BCUT2D eigenvalue weighted by atomic mass is 10.1. The molecule has 0 aliphatic heterocycles. The highest BCUT2D eigenvalue weighted by Gasteiger charge is 2.12. The van der Waals surface area contributed by atoms with E-state index in [2.05, 4.69) is 15.2 Å². The topological polar surface area (TPSA) is 124 Å². The number of benzene rings is 2. The molecule has 4 N–H and O–H groups in total. The van der Waals surface area contributed by atoms with Crippen LogP contribution < -0.4 is 10.9 Å². The monoisotopic (exact) mass is 377 g/mol. The number of sulfonamides is 1. The van der Waals surface area contributed by atoms with Crippen molar-refractivity contribution in [3.05, 3.63) is 54.3 Å². The third-order valence-corrected chi connectivity index (χ3v) is 4.83. The Morgan fingerprint density at radius 2 is 1.80 bits per heavy atom. The number of hydrogen-bond acceptors (Lipinski definition) is 7. The van der Waals surface area contributed by atoms with Crippen molar-refractivity contribution in [2.75, 3.05) is 5.73 Å². The summed E-state index contributed by atoms with van der Waals surface area (Å²) in [5.74, 6) is -0.366. The lowest BCUT2D eigenvalue weighted by Gasteiger charge is -1.99. The highest BCUT2D eigenvalue weighted by molar-refractivity contribution is 7.89. The SMILES string of the molecule is Nc1nc(-c2ccc(F)cc2)c(N=Nc2cccc(S(N)(=O)=O)c2)s1. The van der Waals surface area contributed by atoms with E-state index < -0.39 is 10.0 Å². The summed E-state index contributed by atoms with van der Waals surface area (Å²) >= 11 is 1.11. The van der Waals surface area contributed by atoms with E-state index in [-0.39, 0.29) is 15.8 Å². The minimum absolute atomic E-state index is 0.0634. The zero-order valence-corrected chi connectivity index (χ0v) is 14.3. The summed E-state index contributed by atoms with van der Waals surface area (Å²) in [4.78, 5) is 4.12. The number of nitrogens with two attached hydrogens (primary N) is 2. The summed E-state index contributed by atoms with van der Waals surface area (Å²) < 4.78 is 35.8. The molecule has 1 aromatic heterocycles. The number of anilines is 1. The number of aromatic nitrogens is 1. The molecule has 0 radical (unpaired) electrons. The molecule has 0 fully saturated rings. The van der Waals surface area contributed by atoms with Gasteiger partial charge in [-0.2, -0.15) is 0 Å². The summed E-state index contributed by atoms with van der Waals surface area (Å²) in [5, 5.41) is 13.9. The van der Waals surface area contributed by atoms with E-state index in [9.17, 15) is 12.8 Å². The summed E-state index contributed by atoms with van der Waals surface area (Å²) in [7, 11) is -3.83. The average molecular weight is 377 g/mol. The largest absolute Gasteiger partial charge is 0.375 e. The number of azo groups is 1. The molecule has 0 aliphatic carbocycles. The number of halogens is 1. The number of nitrogens with zero attached hydrogens (tertiary/aromatic N) is 3. The molecule has 10 heteroatoms. The maximum atomic E-state index is 13.1. The third kappa shape index (κ3) is 4.05. The van der Waals surface area contributed by atoms with E-state index >= 15 is 0 Å². The minimum Gasteiger partial charge on any atom is -0.375 e. The molecule has 0 unspecified atom stereocenters. The molecule has 0 aliphatic rings. The van der Waals surface area contributed by atoms with Gasteiger partial charge in [-0.15, -0.1) is 10.2 Å². The normalized spacial score (nSPS) is 11.9. The van der Waals surface area contributed by atoms with Gasteiger partial charge in [-0.05, 0) is 42.5 Å². The van der Waals surface area contributed by atoms with Crippen LogP contribution in [-0.4, -0.2) is 13.4 Å². The van der Waals surface area contributed by atoms with E-state index in [1.54, 1.807) is 18.2 Å². The van der Waals surface area contributed by atoms with Gasteiger partial charge >= 0.3 is 0 Å². The fourth-order valence-corrected chi connectivity index (χ4v) is 3.25. The fourth-order valence-electron chi connectivity index (χ4n) is 2.02. The van der Waals surface area contributed by atoms with Gasteiger partial charge in [0, 0.05) is 5.56 Å². The van der Waals surface area contributed by atoms with Crippen LogP contribution >= 0.6 is 11.3 Å². The molecular formula is C15H12FN5O2S2. The van der Waals surface area contributed by atoms with Crippen molar-refractivity contribution >= 4 is 37.2 Å². The molecule has 7 nitrogen and oxygen atoms in total. The van der Waals surface area contributed by atoms with Crippen LogP contribution in [0.3, 0.4) is 0 Å². The van der Waals surface area contributed by atoms with Gasteiger partial charge in [0.1, 0.15) is 11.5 Å². The Hall–Kier alpha value is -2.69. The second kappa shape index (κ2) is 6.67. The highest BCUT2D eigenvalue weighted by atomic mass is 32.2. The van der Waals surface area contributed by atoms with E-state index in [1.165, 1.54) is 30.3 Å². The number of primary sulfonamides is 1. The van der Waals surface area contributed by atoms with Crippen molar-refractivity contribution in [1.82, 2.24) is 4.98 Å². The molecule has 0 saturated carbocycles. The van der Waals surface area contributed by atoms with Crippen LogP contribution in [0.15, 0.2) is 63.7 Å². The molecule has 25 heavy (non-hydrogen) atoms. The molecule has 128 valence electrons. The van der Waals surface area contributed by atoms with Crippen LogP contribution in [0.1, 0.15) is 0 Å². The second-order valence-corrected chi connectivity index (χ2v) is 7.53. The molecule has 0 atom stereocenters. The zero-order chi connectivity index (χ0) is 18.0. The predicted octanol–water partition coefficient (Wildman–Crippen LogP) is 3.59. The standard InChI is InChI=1S/C15H12FN5O2S2/c16-10-6-4-9(5-7-10)13-14(24-15(17)19-13)21-20-11-2-1-3-12(8-11)25(18,22)23/h1-8H,(H2,17,19)(H2,18,22,23). The van der Waals surface area contributed by atoms with Crippen LogP contribution in [0.2, 0.25) is 0 Å². The smallest absolute Gasteiger partial charge is 0.238 e. The van der Waals surface area contributed by atoms with Crippen LogP contribution in [0.4, 0.5) is 20.2 Å². The van der Waals surface area contributed by atoms with E-state index in [1.807, 2.05) is 0 Å². The summed E-state index contributed by atoms with van der Waals surface area (Å²) in [6.07, 6.45) is 0. The van der Waals surface area contributed by atoms with Gasteiger partial charge < -0.3 is 5.73 Å². The van der Waals surface area contributed by atoms with E-state index in [4.69, 9.17) is 10.9 Å². The van der Waals surface area contributed by atoms with Gasteiger partial charge in [-0.1, -0.05) is 17.4 Å². The first kappa shape index (κ1) is 17.1. The Morgan fingerprint density at radius 1 is 1.08 bits per heavy atom. The molecule has 1 heterocycles. The Morgan fingerprint density at radius 3 is 2.48 bits per heavy atom.